The van der Waals surface area contributed by atoms with E-state index in [1.54, 1.807) is 14.2 Å². The lowest BCUT2D eigenvalue weighted by atomic mass is 10.0. The zero-order valence-corrected chi connectivity index (χ0v) is 11.2. The molecule has 0 fully saturated rings. The Morgan fingerprint density at radius 3 is 1.88 bits per heavy atom. The molecule has 0 aromatic carbocycles. The van der Waals surface area contributed by atoms with Gasteiger partial charge in [0.2, 0.25) is 11.4 Å². The largest absolute Gasteiger partial charge is 0.330 e. The molecule has 1 heterocycles. The maximum absolute atomic E-state index is 5.65. The lowest BCUT2D eigenvalue weighted by molar-refractivity contribution is -1.01. The first kappa shape index (κ1) is 13.4. The molecule has 0 radical (unpaired) electrons. The molecule has 0 spiro atoms. The minimum absolute atomic E-state index is 0.373. The molecular formula is C12H23N2O2+. The van der Waals surface area contributed by atoms with E-state index in [9.17, 15) is 0 Å². The molecule has 1 rings (SSSR count). The summed E-state index contributed by atoms with van der Waals surface area (Å²) in [6.07, 6.45) is 5.76. The molecule has 4 heteroatoms. The van der Waals surface area contributed by atoms with Gasteiger partial charge in [-0.3, -0.25) is 4.99 Å². The van der Waals surface area contributed by atoms with Gasteiger partial charge in [0, 0.05) is 41.9 Å². The summed E-state index contributed by atoms with van der Waals surface area (Å²) in [6, 6.07) is 0. The zero-order chi connectivity index (χ0) is 12.4. The van der Waals surface area contributed by atoms with Crippen LogP contribution in [0.4, 0.5) is 0 Å². The second-order valence-electron chi connectivity index (χ2n) is 4.98. The Morgan fingerprint density at radius 1 is 1.06 bits per heavy atom. The van der Waals surface area contributed by atoms with Crippen molar-refractivity contribution < 1.29 is 14.0 Å². The van der Waals surface area contributed by atoms with Crippen LogP contribution in [0.2, 0.25) is 0 Å². The van der Waals surface area contributed by atoms with E-state index in [-0.39, 0.29) is 11.4 Å². The highest BCUT2D eigenvalue weighted by atomic mass is 16.5. The van der Waals surface area contributed by atoms with Gasteiger partial charge in [0.15, 0.2) is 0 Å². The van der Waals surface area contributed by atoms with E-state index < -0.39 is 0 Å². The fourth-order valence-corrected chi connectivity index (χ4v) is 2.22. The second kappa shape index (κ2) is 4.28. The van der Waals surface area contributed by atoms with Crippen LogP contribution in [0.25, 0.3) is 0 Å². The molecule has 0 saturated carbocycles. The average Bonchev–Trinajstić information content (AvgIpc) is 2.29. The number of rotatable bonds is 4. The highest BCUT2D eigenvalue weighted by molar-refractivity contribution is 5.60. The number of quaternary nitrogens is 1. The average molecular weight is 227 g/mol. The molecule has 0 atom stereocenters. The van der Waals surface area contributed by atoms with E-state index in [0.717, 1.165) is 6.54 Å². The Morgan fingerprint density at radius 2 is 1.56 bits per heavy atom. The van der Waals surface area contributed by atoms with Gasteiger partial charge in [-0.1, -0.05) is 0 Å². The van der Waals surface area contributed by atoms with Gasteiger partial charge in [-0.2, -0.15) is 0 Å². The summed E-state index contributed by atoms with van der Waals surface area (Å²) >= 11 is 0. The Hall–Kier alpha value is -0.710. The highest BCUT2D eigenvalue weighted by Gasteiger charge is 2.54. The predicted molar refractivity (Wildman–Crippen MR) is 64.9 cm³/mol. The molecule has 0 N–H and O–H groups in total. The van der Waals surface area contributed by atoms with E-state index in [2.05, 4.69) is 32.7 Å². The lowest BCUT2D eigenvalue weighted by Gasteiger charge is -2.53. The SMILES string of the molecule is COC(C)(C)[N+]1(C(C)(C)OC)C=CN=CC1. The summed E-state index contributed by atoms with van der Waals surface area (Å²) in [4.78, 5) is 4.14. The minimum Gasteiger partial charge on any atom is -0.330 e. The Labute approximate surface area is 98.2 Å². The third-order valence-electron chi connectivity index (χ3n) is 3.80. The molecular weight excluding hydrogens is 204 g/mol. The normalized spacial score (nSPS) is 20.1. The molecule has 92 valence electrons. The van der Waals surface area contributed by atoms with Crippen LogP contribution in [0, 0.1) is 0 Å². The number of hydrogen-bond acceptors (Lipinski definition) is 3. The van der Waals surface area contributed by atoms with Crippen LogP contribution in [-0.4, -0.2) is 42.9 Å². The molecule has 0 unspecified atom stereocenters. The van der Waals surface area contributed by atoms with Crippen LogP contribution in [0.15, 0.2) is 17.4 Å². The maximum Gasteiger partial charge on any atom is 0.203 e. The van der Waals surface area contributed by atoms with Crippen molar-refractivity contribution in [1.82, 2.24) is 0 Å². The molecule has 0 amide bonds. The molecule has 0 aromatic rings. The van der Waals surface area contributed by atoms with E-state index in [1.165, 1.54) is 0 Å². The molecule has 0 saturated heterocycles. The van der Waals surface area contributed by atoms with Crippen molar-refractivity contribution in [2.75, 3.05) is 20.8 Å². The number of hydrogen-bond donors (Lipinski definition) is 0. The summed E-state index contributed by atoms with van der Waals surface area (Å²) in [7, 11) is 3.46. The molecule has 0 aliphatic carbocycles. The summed E-state index contributed by atoms with van der Waals surface area (Å²) in [5.74, 6) is 0. The number of methoxy groups -OCH3 is 2. The Kier molecular flexibility index (Phi) is 3.57. The first-order valence-corrected chi connectivity index (χ1v) is 5.50. The first-order chi connectivity index (χ1) is 7.33. The summed E-state index contributed by atoms with van der Waals surface area (Å²) < 4.78 is 11.9. The van der Waals surface area contributed by atoms with Gasteiger partial charge in [-0.05, 0) is 0 Å². The van der Waals surface area contributed by atoms with E-state index in [0.29, 0.717) is 4.48 Å². The molecule has 16 heavy (non-hydrogen) atoms. The van der Waals surface area contributed by atoms with Crippen molar-refractivity contribution in [3.8, 4) is 0 Å². The van der Waals surface area contributed by atoms with Crippen molar-refractivity contribution in [2.24, 2.45) is 4.99 Å². The van der Waals surface area contributed by atoms with E-state index in [1.807, 2.05) is 18.6 Å². The fraction of sp³-hybridized carbons (Fsp3) is 0.750. The number of aliphatic imine (C=N–C) groups is 1. The van der Waals surface area contributed by atoms with Gasteiger partial charge >= 0.3 is 0 Å². The summed E-state index contributed by atoms with van der Waals surface area (Å²) in [5.41, 5.74) is -0.745. The second-order valence-corrected chi connectivity index (χ2v) is 4.98. The van der Waals surface area contributed by atoms with Crippen LogP contribution in [-0.2, 0) is 9.47 Å². The van der Waals surface area contributed by atoms with Crippen LogP contribution >= 0.6 is 0 Å². The van der Waals surface area contributed by atoms with Crippen LogP contribution in [0.5, 0.6) is 0 Å². The molecule has 4 nitrogen and oxygen atoms in total. The summed E-state index contributed by atoms with van der Waals surface area (Å²) in [5, 5.41) is 0. The standard InChI is InChI=1S/C12H23N2O2/c1-11(2,15-5)14(12(3,4)16-6)9-7-13-8-10-14/h7-9H,10H2,1-6H3/q+1. The predicted octanol–water partition coefficient (Wildman–Crippen LogP) is 2.12. The topological polar surface area (TPSA) is 30.8 Å². The van der Waals surface area contributed by atoms with Gasteiger partial charge in [0.1, 0.15) is 12.7 Å². The van der Waals surface area contributed by atoms with Crippen LogP contribution in [0.3, 0.4) is 0 Å². The Balaban J connectivity index is 3.24. The third kappa shape index (κ3) is 1.81. The fourth-order valence-electron chi connectivity index (χ4n) is 2.22. The maximum atomic E-state index is 5.65. The quantitative estimate of drug-likeness (QED) is 0.689. The third-order valence-corrected chi connectivity index (χ3v) is 3.80. The zero-order valence-electron chi connectivity index (χ0n) is 11.2. The number of ether oxygens (including phenoxy) is 2. The summed E-state index contributed by atoms with van der Waals surface area (Å²) in [6.45, 7) is 9.03. The molecule has 1 aliphatic rings. The van der Waals surface area contributed by atoms with E-state index >= 15 is 0 Å². The van der Waals surface area contributed by atoms with Crippen molar-refractivity contribution in [2.45, 2.75) is 39.1 Å². The van der Waals surface area contributed by atoms with Crippen LogP contribution in [0.1, 0.15) is 27.7 Å². The van der Waals surface area contributed by atoms with Crippen molar-refractivity contribution >= 4 is 6.21 Å². The minimum atomic E-state index is -0.373. The van der Waals surface area contributed by atoms with Gasteiger partial charge in [0.25, 0.3) is 0 Å². The van der Waals surface area contributed by atoms with Gasteiger partial charge in [-0.15, -0.1) is 0 Å². The molecule has 0 bridgehead atoms. The first-order valence-electron chi connectivity index (χ1n) is 5.50. The van der Waals surface area contributed by atoms with Gasteiger partial charge in [0.05, 0.1) is 12.4 Å². The van der Waals surface area contributed by atoms with Gasteiger partial charge in [-0.25, -0.2) is 4.48 Å². The van der Waals surface area contributed by atoms with Crippen molar-refractivity contribution in [3.05, 3.63) is 12.4 Å². The monoisotopic (exact) mass is 227 g/mol. The highest BCUT2D eigenvalue weighted by Crippen LogP contribution is 2.38. The van der Waals surface area contributed by atoms with Crippen LogP contribution < -0.4 is 0 Å². The smallest absolute Gasteiger partial charge is 0.203 e. The van der Waals surface area contributed by atoms with Crippen molar-refractivity contribution in [1.29, 1.82) is 0 Å². The Bertz CT molecular complexity index is 290. The molecule has 1 aliphatic heterocycles. The number of nitrogens with zero attached hydrogens (tertiary/aromatic N) is 2. The van der Waals surface area contributed by atoms with Gasteiger partial charge < -0.3 is 9.47 Å². The lowest BCUT2D eigenvalue weighted by Crippen LogP contribution is -2.70. The van der Waals surface area contributed by atoms with Crippen molar-refractivity contribution in [3.63, 3.8) is 0 Å². The van der Waals surface area contributed by atoms with E-state index in [4.69, 9.17) is 9.47 Å². The molecule has 0 aromatic heterocycles.